The van der Waals surface area contributed by atoms with Gasteiger partial charge in [0.15, 0.2) is 5.17 Å². The van der Waals surface area contributed by atoms with Crippen molar-refractivity contribution in [3.8, 4) is 0 Å². The Morgan fingerprint density at radius 1 is 1.37 bits per heavy atom. The standard InChI is InChI=1S/C12H8Cl2N2O2S/c1-6(17)15-12-16-11(18)10(19-12)5-7-8(13)3-2-4-9(7)14/h2-5H,1H3,(H,15,16,17,18)/b10-5-. The lowest BCUT2D eigenvalue weighted by atomic mass is 10.2. The van der Waals surface area contributed by atoms with Crippen LogP contribution in [0.5, 0.6) is 0 Å². The van der Waals surface area contributed by atoms with Crippen LogP contribution < -0.4 is 5.32 Å². The van der Waals surface area contributed by atoms with Crippen LogP contribution in [0.4, 0.5) is 0 Å². The van der Waals surface area contributed by atoms with Crippen LogP contribution in [-0.4, -0.2) is 17.0 Å². The Labute approximate surface area is 123 Å². The lowest BCUT2D eigenvalue weighted by molar-refractivity contribution is -0.117. The van der Waals surface area contributed by atoms with Gasteiger partial charge in [-0.1, -0.05) is 29.3 Å². The van der Waals surface area contributed by atoms with Crippen LogP contribution >= 0.6 is 35.0 Å². The molecule has 0 bridgehead atoms. The lowest BCUT2D eigenvalue weighted by Gasteiger charge is -2.02. The van der Waals surface area contributed by atoms with Crippen LogP contribution in [0.25, 0.3) is 6.08 Å². The second-order valence-corrected chi connectivity index (χ2v) is 5.49. The largest absolute Gasteiger partial charge is 0.305 e. The van der Waals surface area contributed by atoms with E-state index in [-0.39, 0.29) is 11.1 Å². The predicted molar refractivity (Wildman–Crippen MR) is 78.3 cm³/mol. The molecule has 0 saturated heterocycles. The number of amides is 2. The number of aliphatic imine (C=N–C) groups is 1. The highest BCUT2D eigenvalue weighted by molar-refractivity contribution is 8.18. The molecule has 4 nitrogen and oxygen atoms in total. The van der Waals surface area contributed by atoms with Gasteiger partial charge in [-0.2, -0.15) is 4.99 Å². The van der Waals surface area contributed by atoms with Gasteiger partial charge in [-0.05, 0) is 30.0 Å². The normalized spacial score (nSPS) is 16.7. The fourth-order valence-electron chi connectivity index (χ4n) is 1.39. The topological polar surface area (TPSA) is 58.5 Å². The maximum absolute atomic E-state index is 11.7. The molecule has 0 radical (unpaired) electrons. The summed E-state index contributed by atoms with van der Waals surface area (Å²) in [5, 5.41) is 3.61. The molecule has 1 aliphatic rings. The average Bonchev–Trinajstić information content (AvgIpc) is 2.63. The summed E-state index contributed by atoms with van der Waals surface area (Å²) < 4.78 is 0. The molecule has 0 aromatic heterocycles. The van der Waals surface area contributed by atoms with Crippen LogP contribution in [0.2, 0.25) is 10.0 Å². The van der Waals surface area contributed by atoms with E-state index in [9.17, 15) is 9.59 Å². The summed E-state index contributed by atoms with van der Waals surface area (Å²) in [4.78, 5) is 26.7. The van der Waals surface area contributed by atoms with Crippen molar-refractivity contribution in [3.05, 3.63) is 38.7 Å². The molecule has 0 saturated carbocycles. The second kappa shape index (κ2) is 5.77. The Morgan fingerprint density at radius 2 is 2.00 bits per heavy atom. The Morgan fingerprint density at radius 3 is 2.58 bits per heavy atom. The fraction of sp³-hybridized carbons (Fsp3) is 0.0833. The highest BCUT2D eigenvalue weighted by Crippen LogP contribution is 2.32. The number of amidine groups is 1. The van der Waals surface area contributed by atoms with E-state index in [2.05, 4.69) is 10.3 Å². The summed E-state index contributed by atoms with van der Waals surface area (Å²) in [6.45, 7) is 1.35. The van der Waals surface area contributed by atoms with Crippen molar-refractivity contribution in [2.45, 2.75) is 6.92 Å². The van der Waals surface area contributed by atoms with Crippen LogP contribution in [0.15, 0.2) is 28.1 Å². The molecule has 2 amide bonds. The number of benzene rings is 1. The number of halogens is 2. The summed E-state index contributed by atoms with van der Waals surface area (Å²) >= 11 is 13.1. The molecule has 19 heavy (non-hydrogen) atoms. The Bertz CT molecular complexity index is 606. The number of hydrogen-bond donors (Lipinski definition) is 1. The number of hydrogen-bond acceptors (Lipinski definition) is 3. The molecule has 0 unspecified atom stereocenters. The molecule has 0 aliphatic carbocycles. The smallest absolute Gasteiger partial charge is 0.286 e. The SMILES string of the molecule is CC(=O)NC1=NC(=O)/C(=C/c2c(Cl)cccc2Cl)S1. The van der Waals surface area contributed by atoms with E-state index in [4.69, 9.17) is 23.2 Å². The van der Waals surface area contributed by atoms with Crippen molar-refractivity contribution in [3.63, 3.8) is 0 Å². The quantitative estimate of drug-likeness (QED) is 0.810. The molecular formula is C12H8Cl2N2O2S. The molecule has 1 aliphatic heterocycles. The highest BCUT2D eigenvalue weighted by atomic mass is 35.5. The molecule has 0 atom stereocenters. The molecule has 1 heterocycles. The third-order valence-electron chi connectivity index (χ3n) is 2.18. The van der Waals surface area contributed by atoms with Crippen LogP contribution in [-0.2, 0) is 9.59 Å². The van der Waals surface area contributed by atoms with Crippen molar-refractivity contribution in [2.24, 2.45) is 4.99 Å². The van der Waals surface area contributed by atoms with Gasteiger partial charge in [-0.3, -0.25) is 9.59 Å². The first-order chi connectivity index (χ1) is 8.97. The third kappa shape index (κ3) is 3.37. The number of nitrogens with zero attached hydrogens (tertiary/aromatic N) is 1. The first-order valence-electron chi connectivity index (χ1n) is 5.21. The van der Waals surface area contributed by atoms with Gasteiger partial charge in [-0.15, -0.1) is 0 Å². The van der Waals surface area contributed by atoms with Gasteiger partial charge in [0.2, 0.25) is 5.91 Å². The fourth-order valence-corrected chi connectivity index (χ4v) is 2.74. The monoisotopic (exact) mass is 314 g/mol. The van der Waals surface area contributed by atoms with Gasteiger partial charge in [0.25, 0.3) is 5.91 Å². The molecule has 1 N–H and O–H groups in total. The van der Waals surface area contributed by atoms with Gasteiger partial charge in [0.05, 0.1) is 4.91 Å². The van der Waals surface area contributed by atoms with Crippen LogP contribution in [0.1, 0.15) is 12.5 Å². The average molecular weight is 315 g/mol. The van der Waals surface area contributed by atoms with E-state index in [0.29, 0.717) is 20.5 Å². The Hall–Kier alpha value is -1.30. The molecule has 7 heteroatoms. The molecule has 1 aromatic rings. The lowest BCUT2D eigenvalue weighted by Crippen LogP contribution is -2.23. The Kier molecular flexibility index (Phi) is 4.29. The summed E-state index contributed by atoms with van der Waals surface area (Å²) in [5.74, 6) is -0.708. The zero-order valence-electron chi connectivity index (χ0n) is 9.74. The summed E-state index contributed by atoms with van der Waals surface area (Å²) in [5.41, 5.74) is 0.556. The van der Waals surface area contributed by atoms with Crippen molar-refractivity contribution in [1.82, 2.24) is 5.32 Å². The van der Waals surface area contributed by atoms with Crippen LogP contribution in [0.3, 0.4) is 0 Å². The van der Waals surface area contributed by atoms with Gasteiger partial charge >= 0.3 is 0 Å². The van der Waals surface area contributed by atoms with Gasteiger partial charge in [0.1, 0.15) is 0 Å². The summed E-state index contributed by atoms with van der Waals surface area (Å²) in [7, 11) is 0. The maximum atomic E-state index is 11.7. The maximum Gasteiger partial charge on any atom is 0.286 e. The van der Waals surface area contributed by atoms with Gasteiger partial charge in [0, 0.05) is 22.5 Å². The van der Waals surface area contributed by atoms with Crippen LogP contribution in [0, 0.1) is 0 Å². The minimum Gasteiger partial charge on any atom is -0.305 e. The summed E-state index contributed by atoms with van der Waals surface area (Å²) in [6, 6.07) is 5.08. The van der Waals surface area contributed by atoms with E-state index in [0.717, 1.165) is 11.8 Å². The van der Waals surface area contributed by atoms with E-state index in [1.54, 1.807) is 24.3 Å². The zero-order valence-corrected chi connectivity index (χ0v) is 12.1. The number of carbonyl (C=O) groups is 2. The van der Waals surface area contributed by atoms with Crippen molar-refractivity contribution in [1.29, 1.82) is 0 Å². The number of rotatable bonds is 1. The van der Waals surface area contributed by atoms with Crippen molar-refractivity contribution >= 4 is 58.0 Å². The molecule has 2 rings (SSSR count). The van der Waals surface area contributed by atoms with Crippen molar-refractivity contribution < 1.29 is 9.59 Å². The number of nitrogens with one attached hydrogen (secondary N) is 1. The number of carbonyl (C=O) groups excluding carboxylic acids is 2. The summed E-state index contributed by atoms with van der Waals surface area (Å²) in [6.07, 6.45) is 1.57. The van der Waals surface area contributed by atoms with Crippen molar-refractivity contribution in [2.75, 3.05) is 0 Å². The molecule has 1 aromatic carbocycles. The molecular weight excluding hydrogens is 307 g/mol. The second-order valence-electron chi connectivity index (χ2n) is 3.65. The minimum atomic E-state index is -0.426. The zero-order chi connectivity index (χ0) is 14.0. The van der Waals surface area contributed by atoms with Gasteiger partial charge < -0.3 is 5.32 Å². The van der Waals surface area contributed by atoms with E-state index < -0.39 is 5.91 Å². The first-order valence-corrected chi connectivity index (χ1v) is 6.79. The Balaban J connectivity index is 2.28. The third-order valence-corrected chi connectivity index (χ3v) is 3.74. The van der Waals surface area contributed by atoms with E-state index in [1.807, 2.05) is 0 Å². The highest BCUT2D eigenvalue weighted by Gasteiger charge is 2.23. The number of thioether (sulfide) groups is 1. The predicted octanol–water partition coefficient (Wildman–Crippen LogP) is 3.10. The minimum absolute atomic E-state index is 0.256. The van der Waals surface area contributed by atoms with Gasteiger partial charge in [-0.25, -0.2) is 0 Å². The van der Waals surface area contributed by atoms with E-state index in [1.165, 1.54) is 6.92 Å². The van der Waals surface area contributed by atoms with E-state index >= 15 is 0 Å². The first kappa shape index (κ1) is 14.1. The molecule has 0 fully saturated rings. The molecule has 0 spiro atoms. The molecule has 98 valence electrons.